The second-order valence-corrected chi connectivity index (χ2v) is 5.10. The van der Waals surface area contributed by atoms with Gasteiger partial charge in [-0.3, -0.25) is 0 Å². The predicted molar refractivity (Wildman–Crippen MR) is 78.6 cm³/mol. The van der Waals surface area contributed by atoms with Gasteiger partial charge >= 0.3 is 0 Å². The van der Waals surface area contributed by atoms with E-state index in [-0.39, 0.29) is 0 Å². The molecule has 3 heteroatoms. The van der Waals surface area contributed by atoms with E-state index in [0.29, 0.717) is 12.3 Å². The quantitative estimate of drug-likeness (QED) is 0.786. The number of aliphatic hydroxyl groups is 1. The molecule has 102 valence electrons. The number of aryl methyl sites for hydroxylation is 2. The summed E-state index contributed by atoms with van der Waals surface area (Å²) in [5.74, 6) is 0.571. The first-order valence-corrected chi connectivity index (χ1v) is 6.74. The van der Waals surface area contributed by atoms with Crippen LogP contribution in [-0.2, 0) is 6.42 Å². The van der Waals surface area contributed by atoms with E-state index < -0.39 is 6.10 Å². The summed E-state index contributed by atoms with van der Waals surface area (Å²) < 4.78 is 5.67. The Labute approximate surface area is 117 Å². The second-order valence-electron chi connectivity index (χ2n) is 5.10. The molecule has 0 spiro atoms. The molecule has 0 saturated heterocycles. The lowest BCUT2D eigenvalue weighted by Gasteiger charge is -2.14. The van der Waals surface area contributed by atoms with E-state index in [2.05, 4.69) is 4.98 Å². The van der Waals surface area contributed by atoms with Crippen LogP contribution in [-0.4, -0.2) is 10.1 Å². The van der Waals surface area contributed by atoms with Crippen LogP contribution in [0.1, 0.15) is 28.7 Å². The highest BCUT2D eigenvalue weighted by atomic mass is 16.4. The summed E-state index contributed by atoms with van der Waals surface area (Å²) in [6, 6.07) is 13.7. The van der Waals surface area contributed by atoms with Crippen LogP contribution in [0.3, 0.4) is 0 Å². The van der Waals surface area contributed by atoms with Crippen molar-refractivity contribution < 1.29 is 9.52 Å². The van der Waals surface area contributed by atoms with Gasteiger partial charge in [0.05, 0.1) is 12.5 Å². The van der Waals surface area contributed by atoms with E-state index in [1.165, 1.54) is 0 Å². The number of oxazole rings is 1. The normalized spacial score (nSPS) is 12.8. The maximum atomic E-state index is 10.5. The smallest absolute Gasteiger partial charge is 0.198 e. The molecule has 3 rings (SSSR count). The molecule has 2 aromatic carbocycles. The third-order valence-electron chi connectivity index (χ3n) is 3.58. The maximum absolute atomic E-state index is 10.5. The Balaban J connectivity index is 1.90. The van der Waals surface area contributed by atoms with Gasteiger partial charge in [0, 0.05) is 0 Å². The van der Waals surface area contributed by atoms with E-state index in [9.17, 15) is 5.11 Å². The molecular weight excluding hydrogens is 250 g/mol. The molecule has 0 bridgehead atoms. The van der Waals surface area contributed by atoms with Crippen molar-refractivity contribution in [2.24, 2.45) is 0 Å². The van der Waals surface area contributed by atoms with Gasteiger partial charge in [0.15, 0.2) is 11.5 Å². The number of nitrogens with zero attached hydrogens (tertiary/aromatic N) is 1. The number of benzene rings is 2. The highest BCUT2D eigenvalue weighted by Crippen LogP contribution is 2.26. The Morgan fingerprint density at radius 2 is 1.75 bits per heavy atom. The molecule has 0 aliphatic carbocycles. The highest BCUT2D eigenvalue weighted by molar-refractivity contribution is 5.72. The Hall–Kier alpha value is -2.13. The van der Waals surface area contributed by atoms with Crippen molar-refractivity contribution in [3.05, 3.63) is 65.0 Å². The zero-order chi connectivity index (χ0) is 14.1. The van der Waals surface area contributed by atoms with E-state index in [1.54, 1.807) is 0 Å². The molecule has 0 fully saturated rings. The van der Waals surface area contributed by atoms with Gasteiger partial charge in [-0.2, -0.15) is 0 Å². The van der Waals surface area contributed by atoms with Crippen molar-refractivity contribution in [1.29, 1.82) is 0 Å². The van der Waals surface area contributed by atoms with Crippen LogP contribution >= 0.6 is 0 Å². The maximum Gasteiger partial charge on any atom is 0.198 e. The third-order valence-corrected chi connectivity index (χ3v) is 3.58. The summed E-state index contributed by atoms with van der Waals surface area (Å²) in [6.07, 6.45) is -0.204. The summed E-state index contributed by atoms with van der Waals surface area (Å²) in [5.41, 5.74) is 4.74. The highest BCUT2D eigenvalue weighted by Gasteiger charge is 2.16. The van der Waals surface area contributed by atoms with Gasteiger partial charge in [0.1, 0.15) is 5.52 Å². The molecule has 1 heterocycles. The van der Waals surface area contributed by atoms with Gasteiger partial charge in [0.25, 0.3) is 0 Å². The summed E-state index contributed by atoms with van der Waals surface area (Å²) in [6.45, 7) is 4.02. The molecule has 1 atom stereocenters. The van der Waals surface area contributed by atoms with Crippen LogP contribution in [0, 0.1) is 13.8 Å². The summed E-state index contributed by atoms with van der Waals surface area (Å²) in [5, 5.41) is 10.5. The van der Waals surface area contributed by atoms with E-state index in [4.69, 9.17) is 4.42 Å². The fourth-order valence-electron chi connectivity index (χ4n) is 2.63. The molecule has 0 radical (unpaired) electrons. The van der Waals surface area contributed by atoms with Crippen molar-refractivity contribution in [2.75, 3.05) is 0 Å². The van der Waals surface area contributed by atoms with Gasteiger partial charge in [0.2, 0.25) is 0 Å². The van der Waals surface area contributed by atoms with Crippen LogP contribution in [0.5, 0.6) is 0 Å². The molecule has 1 unspecified atom stereocenters. The van der Waals surface area contributed by atoms with Crippen LogP contribution in [0.25, 0.3) is 11.1 Å². The minimum Gasteiger partial charge on any atom is -0.441 e. The fourth-order valence-corrected chi connectivity index (χ4v) is 2.63. The van der Waals surface area contributed by atoms with Crippen LogP contribution < -0.4 is 0 Å². The van der Waals surface area contributed by atoms with Crippen LogP contribution in [0.15, 0.2) is 46.9 Å². The van der Waals surface area contributed by atoms with E-state index in [1.807, 2.05) is 56.3 Å². The Bertz CT molecular complexity index is 692. The molecule has 3 aromatic rings. The zero-order valence-corrected chi connectivity index (χ0v) is 11.6. The molecule has 0 saturated carbocycles. The second kappa shape index (κ2) is 5.10. The first-order chi connectivity index (χ1) is 9.65. The van der Waals surface area contributed by atoms with Gasteiger partial charge in [-0.1, -0.05) is 30.3 Å². The Morgan fingerprint density at radius 1 is 1.05 bits per heavy atom. The summed E-state index contributed by atoms with van der Waals surface area (Å²) in [7, 11) is 0. The standard InChI is InChI=1S/C17H17NO2/c1-11-6-5-7-12(2)17(11)14(19)10-16-18-13-8-3-4-9-15(13)20-16/h3-9,14,19H,10H2,1-2H3. The monoisotopic (exact) mass is 267 g/mol. The van der Waals surface area contributed by atoms with Crippen LogP contribution in [0.4, 0.5) is 0 Å². The van der Waals surface area contributed by atoms with Crippen molar-refractivity contribution in [2.45, 2.75) is 26.4 Å². The molecular formula is C17H17NO2. The SMILES string of the molecule is Cc1cccc(C)c1C(O)Cc1nc2ccccc2o1. The Morgan fingerprint density at radius 3 is 2.45 bits per heavy atom. The average Bonchev–Trinajstić information content (AvgIpc) is 2.80. The van der Waals surface area contributed by atoms with Gasteiger partial charge < -0.3 is 9.52 Å². The number of hydrogen-bond donors (Lipinski definition) is 1. The number of fused-ring (bicyclic) bond motifs is 1. The number of para-hydroxylation sites is 2. The topological polar surface area (TPSA) is 46.3 Å². The largest absolute Gasteiger partial charge is 0.441 e. The molecule has 1 N–H and O–H groups in total. The molecule has 1 aromatic heterocycles. The minimum absolute atomic E-state index is 0.389. The number of aromatic nitrogens is 1. The number of rotatable bonds is 3. The first-order valence-electron chi connectivity index (χ1n) is 6.74. The lowest BCUT2D eigenvalue weighted by molar-refractivity contribution is 0.168. The molecule has 20 heavy (non-hydrogen) atoms. The van der Waals surface area contributed by atoms with Gasteiger partial charge in [-0.05, 0) is 42.7 Å². The van der Waals surface area contributed by atoms with Crippen molar-refractivity contribution in [1.82, 2.24) is 4.98 Å². The fraction of sp³-hybridized carbons (Fsp3) is 0.235. The summed E-state index contributed by atoms with van der Waals surface area (Å²) in [4.78, 5) is 4.41. The lowest BCUT2D eigenvalue weighted by atomic mass is 9.96. The lowest BCUT2D eigenvalue weighted by Crippen LogP contribution is -2.06. The first kappa shape index (κ1) is 12.9. The number of aliphatic hydroxyl groups excluding tert-OH is 1. The average molecular weight is 267 g/mol. The molecule has 3 nitrogen and oxygen atoms in total. The van der Waals surface area contributed by atoms with Crippen molar-refractivity contribution >= 4 is 11.1 Å². The Kier molecular flexibility index (Phi) is 3.28. The van der Waals surface area contributed by atoms with Gasteiger partial charge in [-0.15, -0.1) is 0 Å². The zero-order valence-electron chi connectivity index (χ0n) is 11.6. The molecule has 0 aliphatic rings. The number of hydrogen-bond acceptors (Lipinski definition) is 3. The van der Waals surface area contributed by atoms with E-state index in [0.717, 1.165) is 27.8 Å². The third kappa shape index (κ3) is 2.32. The molecule has 0 aliphatic heterocycles. The molecule has 0 amide bonds. The predicted octanol–water partition coefficient (Wildman–Crippen LogP) is 3.72. The van der Waals surface area contributed by atoms with Gasteiger partial charge in [-0.25, -0.2) is 4.98 Å². The van der Waals surface area contributed by atoms with E-state index >= 15 is 0 Å². The van der Waals surface area contributed by atoms with Crippen molar-refractivity contribution in [3.8, 4) is 0 Å². The summed E-state index contributed by atoms with van der Waals surface area (Å²) >= 11 is 0. The van der Waals surface area contributed by atoms with Crippen molar-refractivity contribution in [3.63, 3.8) is 0 Å². The van der Waals surface area contributed by atoms with Crippen LogP contribution in [0.2, 0.25) is 0 Å². The minimum atomic E-state index is -0.593.